The molecule has 0 aliphatic rings. The number of nitrogens with zero attached hydrogens (tertiary/aromatic N) is 1. The van der Waals surface area contributed by atoms with Crippen molar-refractivity contribution in [3.8, 4) is 0 Å². The molecule has 1 aromatic carbocycles. The normalized spacial score (nSPS) is 12.1. The molecule has 4 heteroatoms. The van der Waals surface area contributed by atoms with Crippen LogP contribution in [0, 0.1) is 5.92 Å². The van der Waals surface area contributed by atoms with E-state index in [1.165, 1.54) is 5.56 Å². The van der Waals surface area contributed by atoms with Crippen molar-refractivity contribution in [1.29, 1.82) is 0 Å². The molecule has 0 radical (unpaired) electrons. The Morgan fingerprint density at radius 3 is 2.75 bits per heavy atom. The Balaban J connectivity index is 2.59. The molecule has 16 heavy (non-hydrogen) atoms. The highest BCUT2D eigenvalue weighted by Crippen LogP contribution is 2.17. The summed E-state index contributed by atoms with van der Waals surface area (Å²) in [6.45, 7) is 2.86. The van der Waals surface area contributed by atoms with Crippen molar-refractivity contribution in [2.24, 2.45) is 22.4 Å². The highest BCUT2D eigenvalue weighted by atomic mass is 79.9. The van der Waals surface area contributed by atoms with Crippen LogP contribution in [0.4, 0.5) is 0 Å². The standard InChI is InChI=1S/C12H18BrN3/c1-2-9(8-16-12(14)15)6-10-4-3-5-11(13)7-10/h3-5,7,9H,2,6,8H2,1H3,(H4,14,15,16). The average Bonchev–Trinajstić information content (AvgIpc) is 2.24. The SMILES string of the molecule is CCC(CN=C(N)N)Cc1cccc(Br)c1. The Kier molecular flexibility index (Phi) is 5.32. The number of rotatable bonds is 5. The summed E-state index contributed by atoms with van der Waals surface area (Å²) in [5.74, 6) is 0.670. The molecule has 0 bridgehead atoms. The van der Waals surface area contributed by atoms with Gasteiger partial charge < -0.3 is 11.5 Å². The van der Waals surface area contributed by atoms with Crippen molar-refractivity contribution < 1.29 is 0 Å². The van der Waals surface area contributed by atoms with E-state index in [1.54, 1.807) is 0 Å². The summed E-state index contributed by atoms with van der Waals surface area (Å²) in [7, 11) is 0. The smallest absolute Gasteiger partial charge is 0.185 e. The molecule has 0 heterocycles. The van der Waals surface area contributed by atoms with E-state index in [0.29, 0.717) is 12.5 Å². The van der Waals surface area contributed by atoms with Crippen LogP contribution in [0.1, 0.15) is 18.9 Å². The second kappa shape index (κ2) is 6.53. The van der Waals surface area contributed by atoms with Gasteiger partial charge >= 0.3 is 0 Å². The van der Waals surface area contributed by atoms with Gasteiger partial charge in [0.25, 0.3) is 0 Å². The molecule has 1 rings (SSSR count). The molecular formula is C12H18BrN3. The van der Waals surface area contributed by atoms with Gasteiger partial charge in [0, 0.05) is 11.0 Å². The second-order valence-electron chi connectivity index (χ2n) is 3.87. The van der Waals surface area contributed by atoms with Crippen LogP contribution >= 0.6 is 15.9 Å². The summed E-state index contributed by atoms with van der Waals surface area (Å²) in [5, 5.41) is 0. The zero-order chi connectivity index (χ0) is 12.0. The van der Waals surface area contributed by atoms with Crippen molar-refractivity contribution in [1.82, 2.24) is 0 Å². The van der Waals surface area contributed by atoms with E-state index in [4.69, 9.17) is 11.5 Å². The third-order valence-corrected chi connectivity index (χ3v) is 3.02. The van der Waals surface area contributed by atoms with E-state index in [-0.39, 0.29) is 5.96 Å². The summed E-state index contributed by atoms with van der Waals surface area (Å²) in [5.41, 5.74) is 12.0. The maximum Gasteiger partial charge on any atom is 0.185 e. The molecule has 0 fully saturated rings. The van der Waals surface area contributed by atoms with E-state index in [0.717, 1.165) is 17.3 Å². The maximum absolute atomic E-state index is 5.33. The summed E-state index contributed by atoms with van der Waals surface area (Å²) in [6, 6.07) is 8.34. The van der Waals surface area contributed by atoms with Gasteiger partial charge in [-0.15, -0.1) is 0 Å². The summed E-state index contributed by atoms with van der Waals surface area (Å²) < 4.78 is 1.11. The molecule has 0 saturated carbocycles. The first-order valence-corrected chi connectivity index (χ1v) is 6.21. The quantitative estimate of drug-likeness (QED) is 0.643. The Morgan fingerprint density at radius 2 is 2.19 bits per heavy atom. The van der Waals surface area contributed by atoms with Crippen LogP contribution in [-0.2, 0) is 6.42 Å². The minimum atomic E-state index is 0.174. The first kappa shape index (κ1) is 13.0. The first-order chi connectivity index (χ1) is 7.61. The van der Waals surface area contributed by atoms with Gasteiger partial charge in [-0.25, -0.2) is 0 Å². The van der Waals surface area contributed by atoms with E-state index < -0.39 is 0 Å². The van der Waals surface area contributed by atoms with Crippen LogP contribution in [0.15, 0.2) is 33.7 Å². The Morgan fingerprint density at radius 1 is 1.44 bits per heavy atom. The van der Waals surface area contributed by atoms with Gasteiger partial charge in [-0.05, 0) is 30.0 Å². The molecule has 0 aromatic heterocycles. The minimum Gasteiger partial charge on any atom is -0.370 e. The predicted octanol–water partition coefficient (Wildman–Crippen LogP) is 2.29. The van der Waals surface area contributed by atoms with Gasteiger partial charge in [0.2, 0.25) is 0 Å². The van der Waals surface area contributed by atoms with Crippen LogP contribution in [0.5, 0.6) is 0 Å². The van der Waals surface area contributed by atoms with Gasteiger partial charge in [0.05, 0.1) is 0 Å². The van der Waals surface area contributed by atoms with Crippen molar-refractivity contribution in [2.75, 3.05) is 6.54 Å². The Bertz CT molecular complexity index is 359. The molecule has 0 amide bonds. The molecule has 1 atom stereocenters. The summed E-state index contributed by atoms with van der Waals surface area (Å²) >= 11 is 3.47. The van der Waals surface area contributed by atoms with Crippen molar-refractivity contribution in [3.05, 3.63) is 34.3 Å². The van der Waals surface area contributed by atoms with Gasteiger partial charge in [-0.1, -0.05) is 41.4 Å². The van der Waals surface area contributed by atoms with Crippen LogP contribution in [0.3, 0.4) is 0 Å². The molecule has 4 N–H and O–H groups in total. The van der Waals surface area contributed by atoms with Gasteiger partial charge in [-0.3, -0.25) is 4.99 Å². The van der Waals surface area contributed by atoms with E-state index in [9.17, 15) is 0 Å². The van der Waals surface area contributed by atoms with Crippen molar-refractivity contribution in [3.63, 3.8) is 0 Å². The van der Waals surface area contributed by atoms with E-state index in [1.807, 2.05) is 12.1 Å². The fraction of sp³-hybridized carbons (Fsp3) is 0.417. The zero-order valence-electron chi connectivity index (χ0n) is 9.49. The number of halogens is 1. The number of hydrogen-bond acceptors (Lipinski definition) is 1. The fourth-order valence-electron chi connectivity index (χ4n) is 1.57. The molecular weight excluding hydrogens is 266 g/mol. The van der Waals surface area contributed by atoms with E-state index in [2.05, 4.69) is 40.0 Å². The fourth-order valence-corrected chi connectivity index (χ4v) is 2.02. The molecule has 1 aromatic rings. The molecule has 1 unspecified atom stereocenters. The van der Waals surface area contributed by atoms with Crippen molar-refractivity contribution in [2.45, 2.75) is 19.8 Å². The van der Waals surface area contributed by atoms with E-state index >= 15 is 0 Å². The van der Waals surface area contributed by atoms with Crippen LogP contribution in [-0.4, -0.2) is 12.5 Å². The van der Waals surface area contributed by atoms with Gasteiger partial charge in [0.15, 0.2) is 5.96 Å². The Labute approximate surface area is 105 Å². The van der Waals surface area contributed by atoms with Crippen molar-refractivity contribution >= 4 is 21.9 Å². The van der Waals surface area contributed by atoms with Gasteiger partial charge in [-0.2, -0.15) is 0 Å². The number of hydrogen-bond donors (Lipinski definition) is 2. The average molecular weight is 284 g/mol. The summed E-state index contributed by atoms with van der Waals surface area (Å²) in [6.07, 6.45) is 2.08. The zero-order valence-corrected chi connectivity index (χ0v) is 11.1. The highest BCUT2D eigenvalue weighted by molar-refractivity contribution is 9.10. The maximum atomic E-state index is 5.33. The second-order valence-corrected chi connectivity index (χ2v) is 4.79. The molecule has 0 spiro atoms. The Hall–Kier alpha value is -1.03. The topological polar surface area (TPSA) is 64.4 Å². The first-order valence-electron chi connectivity index (χ1n) is 5.41. The lowest BCUT2D eigenvalue weighted by Crippen LogP contribution is -2.24. The number of aliphatic imine (C=N–C) groups is 1. The third-order valence-electron chi connectivity index (χ3n) is 2.52. The number of guanidine groups is 1. The third kappa shape index (κ3) is 4.66. The minimum absolute atomic E-state index is 0.174. The van der Waals surface area contributed by atoms with Crippen LogP contribution in [0.25, 0.3) is 0 Å². The number of benzene rings is 1. The monoisotopic (exact) mass is 283 g/mol. The lowest BCUT2D eigenvalue weighted by Gasteiger charge is -2.12. The molecule has 0 saturated heterocycles. The lowest BCUT2D eigenvalue weighted by atomic mass is 9.97. The lowest BCUT2D eigenvalue weighted by molar-refractivity contribution is 0.519. The van der Waals surface area contributed by atoms with Gasteiger partial charge in [0.1, 0.15) is 0 Å². The van der Waals surface area contributed by atoms with Crippen LogP contribution < -0.4 is 11.5 Å². The molecule has 88 valence electrons. The number of nitrogens with two attached hydrogens (primary N) is 2. The molecule has 0 aliphatic heterocycles. The predicted molar refractivity (Wildman–Crippen MR) is 72.3 cm³/mol. The van der Waals surface area contributed by atoms with Crippen LogP contribution in [0.2, 0.25) is 0 Å². The largest absolute Gasteiger partial charge is 0.370 e. The molecule has 0 aliphatic carbocycles. The summed E-state index contributed by atoms with van der Waals surface area (Å²) in [4.78, 5) is 4.07. The highest BCUT2D eigenvalue weighted by Gasteiger charge is 2.07. The molecule has 3 nitrogen and oxygen atoms in total.